The van der Waals surface area contributed by atoms with Gasteiger partial charge in [0.2, 0.25) is 11.8 Å². The molecule has 0 spiro atoms. The molecule has 0 aliphatic rings. The van der Waals surface area contributed by atoms with E-state index >= 15 is 0 Å². The van der Waals surface area contributed by atoms with Crippen molar-refractivity contribution < 1.29 is 9.21 Å². The van der Waals surface area contributed by atoms with E-state index in [-0.39, 0.29) is 5.91 Å². The standard InChI is InChI=1S/C17H23N3O2/c1-4-17(5-2,11-18)16(21)20-14-8-6-7-13(9-14)15-19-12(3)10-22-15/h6-10H,4-5,11,18H2,1-3H3,(H,20,21). The number of anilines is 1. The van der Waals surface area contributed by atoms with Crippen LogP contribution in [0, 0.1) is 12.3 Å². The molecular formula is C17H23N3O2. The summed E-state index contributed by atoms with van der Waals surface area (Å²) in [5.74, 6) is 0.505. The third-order valence-electron chi connectivity index (χ3n) is 4.21. The van der Waals surface area contributed by atoms with Crippen LogP contribution < -0.4 is 11.1 Å². The Morgan fingerprint density at radius 3 is 2.64 bits per heavy atom. The minimum absolute atomic E-state index is 0.0410. The third-order valence-corrected chi connectivity index (χ3v) is 4.21. The normalized spacial score (nSPS) is 11.5. The van der Waals surface area contributed by atoms with E-state index in [9.17, 15) is 4.79 Å². The van der Waals surface area contributed by atoms with Crippen LogP contribution >= 0.6 is 0 Å². The van der Waals surface area contributed by atoms with E-state index in [1.807, 2.05) is 45.0 Å². The topological polar surface area (TPSA) is 81.2 Å². The van der Waals surface area contributed by atoms with Gasteiger partial charge in [-0.1, -0.05) is 19.9 Å². The summed E-state index contributed by atoms with van der Waals surface area (Å²) in [4.78, 5) is 16.8. The van der Waals surface area contributed by atoms with Gasteiger partial charge in [-0.25, -0.2) is 4.98 Å². The summed E-state index contributed by atoms with van der Waals surface area (Å²) >= 11 is 0. The Bertz CT molecular complexity index is 637. The molecule has 1 aromatic carbocycles. The molecule has 3 N–H and O–H groups in total. The van der Waals surface area contributed by atoms with Crippen LogP contribution in [0.5, 0.6) is 0 Å². The maximum atomic E-state index is 12.5. The number of hydrogen-bond donors (Lipinski definition) is 2. The molecule has 0 radical (unpaired) electrons. The molecule has 0 aliphatic heterocycles. The van der Waals surface area contributed by atoms with Gasteiger partial charge < -0.3 is 15.5 Å². The molecule has 1 heterocycles. The Kier molecular flexibility index (Phi) is 4.98. The van der Waals surface area contributed by atoms with Crippen molar-refractivity contribution in [3.05, 3.63) is 36.2 Å². The van der Waals surface area contributed by atoms with Gasteiger partial charge in [0.1, 0.15) is 6.26 Å². The smallest absolute Gasteiger partial charge is 0.231 e. The molecule has 1 aromatic heterocycles. The van der Waals surface area contributed by atoms with Crippen molar-refractivity contribution in [3.63, 3.8) is 0 Å². The summed E-state index contributed by atoms with van der Waals surface area (Å²) in [5.41, 5.74) is 7.68. The van der Waals surface area contributed by atoms with Gasteiger partial charge in [-0.05, 0) is 38.0 Å². The third kappa shape index (κ3) is 3.20. The lowest BCUT2D eigenvalue weighted by Gasteiger charge is -2.28. The fourth-order valence-electron chi connectivity index (χ4n) is 2.43. The maximum absolute atomic E-state index is 12.5. The van der Waals surface area contributed by atoms with E-state index in [4.69, 9.17) is 10.2 Å². The maximum Gasteiger partial charge on any atom is 0.231 e. The SMILES string of the molecule is CCC(CC)(CN)C(=O)Nc1cccc(-c2nc(C)co2)c1. The van der Waals surface area contributed by atoms with E-state index < -0.39 is 5.41 Å². The van der Waals surface area contributed by atoms with Gasteiger partial charge in [-0.2, -0.15) is 0 Å². The molecular weight excluding hydrogens is 278 g/mol. The number of amides is 1. The molecule has 1 amide bonds. The van der Waals surface area contributed by atoms with E-state index in [1.54, 1.807) is 6.26 Å². The van der Waals surface area contributed by atoms with E-state index in [2.05, 4.69) is 10.3 Å². The fraction of sp³-hybridized carbons (Fsp3) is 0.412. The lowest BCUT2D eigenvalue weighted by molar-refractivity contribution is -0.125. The van der Waals surface area contributed by atoms with Crippen LogP contribution in [0.25, 0.3) is 11.5 Å². The molecule has 0 atom stereocenters. The molecule has 2 aromatic rings. The average molecular weight is 301 g/mol. The summed E-state index contributed by atoms with van der Waals surface area (Å²) in [6.07, 6.45) is 3.03. The zero-order chi connectivity index (χ0) is 16.2. The molecule has 0 aliphatic carbocycles. The first kappa shape index (κ1) is 16.2. The Morgan fingerprint density at radius 1 is 1.36 bits per heavy atom. The van der Waals surface area contributed by atoms with Gasteiger partial charge in [0.05, 0.1) is 11.1 Å². The molecule has 2 rings (SSSR count). The minimum Gasteiger partial charge on any atom is -0.444 e. The number of carbonyl (C=O) groups excluding carboxylic acids is 1. The number of aryl methyl sites for hydroxylation is 1. The van der Waals surface area contributed by atoms with Gasteiger partial charge in [0, 0.05) is 17.8 Å². The summed E-state index contributed by atoms with van der Waals surface area (Å²) in [6, 6.07) is 7.48. The summed E-state index contributed by atoms with van der Waals surface area (Å²) in [6.45, 7) is 6.19. The number of hydrogen-bond acceptors (Lipinski definition) is 4. The summed E-state index contributed by atoms with van der Waals surface area (Å²) in [7, 11) is 0. The van der Waals surface area contributed by atoms with Crippen molar-refractivity contribution >= 4 is 11.6 Å². The highest BCUT2D eigenvalue weighted by Crippen LogP contribution is 2.28. The highest BCUT2D eigenvalue weighted by atomic mass is 16.3. The molecule has 5 nitrogen and oxygen atoms in total. The fourth-order valence-corrected chi connectivity index (χ4v) is 2.43. The van der Waals surface area contributed by atoms with E-state index in [0.717, 1.165) is 16.9 Å². The molecule has 0 bridgehead atoms. The molecule has 0 unspecified atom stereocenters. The van der Waals surface area contributed by atoms with Crippen LogP contribution in [0.2, 0.25) is 0 Å². The van der Waals surface area contributed by atoms with Gasteiger partial charge in [0.25, 0.3) is 0 Å². The number of benzene rings is 1. The van der Waals surface area contributed by atoms with Crippen LogP contribution in [0.1, 0.15) is 32.4 Å². The van der Waals surface area contributed by atoms with Crippen molar-refractivity contribution in [3.8, 4) is 11.5 Å². The lowest BCUT2D eigenvalue weighted by Crippen LogP contribution is -2.41. The molecule has 22 heavy (non-hydrogen) atoms. The van der Waals surface area contributed by atoms with Gasteiger partial charge >= 0.3 is 0 Å². The van der Waals surface area contributed by atoms with Gasteiger partial charge in [0.15, 0.2) is 0 Å². The first-order valence-corrected chi connectivity index (χ1v) is 7.58. The quantitative estimate of drug-likeness (QED) is 0.857. The zero-order valence-electron chi connectivity index (χ0n) is 13.3. The van der Waals surface area contributed by atoms with Crippen molar-refractivity contribution in [2.24, 2.45) is 11.1 Å². The van der Waals surface area contributed by atoms with Crippen molar-refractivity contribution in [1.82, 2.24) is 4.98 Å². The monoisotopic (exact) mass is 301 g/mol. The second-order valence-electron chi connectivity index (χ2n) is 5.52. The van der Waals surface area contributed by atoms with Crippen LogP contribution in [0.15, 0.2) is 34.9 Å². The Hall–Kier alpha value is -2.14. The molecule has 118 valence electrons. The van der Waals surface area contributed by atoms with Crippen LogP contribution in [-0.2, 0) is 4.79 Å². The number of nitrogens with zero attached hydrogens (tertiary/aromatic N) is 1. The number of rotatable bonds is 6. The van der Waals surface area contributed by atoms with E-state index in [1.165, 1.54) is 0 Å². The first-order valence-electron chi connectivity index (χ1n) is 7.58. The van der Waals surface area contributed by atoms with Crippen molar-refractivity contribution in [2.45, 2.75) is 33.6 Å². The van der Waals surface area contributed by atoms with Crippen LogP contribution in [0.4, 0.5) is 5.69 Å². The minimum atomic E-state index is -0.518. The first-order chi connectivity index (χ1) is 10.5. The molecule has 0 fully saturated rings. The predicted molar refractivity (Wildman–Crippen MR) is 87.4 cm³/mol. The Morgan fingerprint density at radius 2 is 2.09 bits per heavy atom. The number of nitrogens with two attached hydrogens (primary N) is 1. The van der Waals surface area contributed by atoms with Gasteiger partial charge in [-0.3, -0.25) is 4.79 Å². The van der Waals surface area contributed by atoms with Crippen molar-refractivity contribution in [2.75, 3.05) is 11.9 Å². The second kappa shape index (κ2) is 6.75. The van der Waals surface area contributed by atoms with E-state index in [0.29, 0.717) is 25.3 Å². The number of carbonyl (C=O) groups is 1. The largest absolute Gasteiger partial charge is 0.444 e. The zero-order valence-corrected chi connectivity index (χ0v) is 13.3. The Labute approximate surface area is 130 Å². The average Bonchev–Trinajstić information content (AvgIpc) is 2.96. The number of oxazole rings is 1. The molecule has 0 saturated heterocycles. The van der Waals surface area contributed by atoms with Crippen molar-refractivity contribution in [1.29, 1.82) is 0 Å². The highest BCUT2D eigenvalue weighted by molar-refractivity contribution is 5.95. The summed E-state index contributed by atoms with van der Waals surface area (Å²) < 4.78 is 5.40. The second-order valence-corrected chi connectivity index (χ2v) is 5.52. The predicted octanol–water partition coefficient (Wildman–Crippen LogP) is 3.35. The number of nitrogens with one attached hydrogen (secondary N) is 1. The molecule has 0 saturated carbocycles. The Balaban J connectivity index is 2.22. The lowest BCUT2D eigenvalue weighted by atomic mass is 9.81. The van der Waals surface area contributed by atoms with Gasteiger partial charge in [-0.15, -0.1) is 0 Å². The number of aromatic nitrogens is 1. The van der Waals surface area contributed by atoms with Crippen LogP contribution in [0.3, 0.4) is 0 Å². The molecule has 5 heteroatoms. The highest BCUT2D eigenvalue weighted by Gasteiger charge is 2.33. The van der Waals surface area contributed by atoms with Crippen LogP contribution in [-0.4, -0.2) is 17.4 Å². The summed E-state index contributed by atoms with van der Waals surface area (Å²) in [5, 5.41) is 2.96.